The molecule has 5 heteroatoms. The maximum absolute atomic E-state index is 11.6. The van der Waals surface area contributed by atoms with Crippen molar-refractivity contribution in [3.05, 3.63) is 0 Å². The lowest BCUT2D eigenvalue weighted by Crippen LogP contribution is -2.35. The van der Waals surface area contributed by atoms with Crippen molar-refractivity contribution in [2.75, 3.05) is 13.2 Å². The van der Waals surface area contributed by atoms with Crippen molar-refractivity contribution >= 4 is 12.1 Å². The predicted octanol–water partition coefficient (Wildman–Crippen LogP) is 6.55. The van der Waals surface area contributed by atoms with E-state index in [9.17, 15) is 9.59 Å². The van der Waals surface area contributed by atoms with Gasteiger partial charge in [0.1, 0.15) is 0 Å². The SMILES string of the molecule is CCCCCCCCCCCCCCCCOC(=O)NCC(C(=O)O)C(C)C. The number of aliphatic carboxylic acids is 1. The lowest BCUT2D eigenvalue weighted by Gasteiger charge is -2.16. The first kappa shape index (κ1) is 26.7. The Morgan fingerprint density at radius 3 is 1.61 bits per heavy atom. The Kier molecular flexibility index (Phi) is 18.2. The largest absolute Gasteiger partial charge is 0.481 e. The third-order valence-corrected chi connectivity index (χ3v) is 5.32. The first-order chi connectivity index (χ1) is 13.5. The molecule has 0 radical (unpaired) electrons. The summed E-state index contributed by atoms with van der Waals surface area (Å²) >= 11 is 0. The molecule has 0 bridgehead atoms. The number of carbonyl (C=O) groups is 2. The van der Waals surface area contributed by atoms with E-state index >= 15 is 0 Å². The van der Waals surface area contributed by atoms with Crippen LogP contribution in [0.2, 0.25) is 0 Å². The van der Waals surface area contributed by atoms with Gasteiger partial charge in [-0.25, -0.2) is 4.79 Å². The highest BCUT2D eigenvalue weighted by molar-refractivity contribution is 5.72. The van der Waals surface area contributed by atoms with Gasteiger partial charge in [-0.1, -0.05) is 104 Å². The third kappa shape index (κ3) is 16.9. The minimum Gasteiger partial charge on any atom is -0.481 e. The highest BCUT2D eigenvalue weighted by Gasteiger charge is 2.22. The maximum atomic E-state index is 11.6. The third-order valence-electron chi connectivity index (χ3n) is 5.32. The van der Waals surface area contributed by atoms with Crippen LogP contribution in [-0.2, 0) is 9.53 Å². The number of carbonyl (C=O) groups excluding carboxylic acids is 1. The summed E-state index contributed by atoms with van der Waals surface area (Å²) in [5, 5.41) is 11.6. The zero-order valence-electron chi connectivity index (χ0n) is 18.6. The number of nitrogens with one attached hydrogen (secondary N) is 1. The molecule has 0 heterocycles. The van der Waals surface area contributed by atoms with Crippen molar-refractivity contribution in [3.63, 3.8) is 0 Å². The molecule has 0 spiro atoms. The number of unbranched alkanes of at least 4 members (excludes halogenated alkanes) is 13. The van der Waals surface area contributed by atoms with E-state index in [1.807, 2.05) is 13.8 Å². The molecule has 0 fully saturated rings. The van der Waals surface area contributed by atoms with Crippen molar-refractivity contribution in [3.8, 4) is 0 Å². The normalized spacial score (nSPS) is 12.1. The fourth-order valence-corrected chi connectivity index (χ4v) is 3.31. The van der Waals surface area contributed by atoms with Crippen LogP contribution in [0.1, 0.15) is 111 Å². The van der Waals surface area contributed by atoms with E-state index in [0.717, 1.165) is 12.8 Å². The zero-order chi connectivity index (χ0) is 21.0. The number of rotatable bonds is 19. The van der Waals surface area contributed by atoms with Gasteiger partial charge in [-0.05, 0) is 12.3 Å². The van der Waals surface area contributed by atoms with Gasteiger partial charge < -0.3 is 15.2 Å². The fraction of sp³-hybridized carbons (Fsp3) is 0.913. The molecule has 0 aromatic rings. The first-order valence-corrected chi connectivity index (χ1v) is 11.6. The molecule has 1 unspecified atom stereocenters. The molecule has 0 saturated carbocycles. The van der Waals surface area contributed by atoms with Crippen LogP contribution in [0.4, 0.5) is 4.79 Å². The molecule has 0 aromatic carbocycles. The second-order valence-corrected chi connectivity index (χ2v) is 8.30. The lowest BCUT2D eigenvalue weighted by atomic mass is 9.96. The Morgan fingerprint density at radius 2 is 1.21 bits per heavy atom. The fourth-order valence-electron chi connectivity index (χ4n) is 3.31. The van der Waals surface area contributed by atoms with Gasteiger partial charge >= 0.3 is 12.1 Å². The smallest absolute Gasteiger partial charge is 0.407 e. The molecule has 0 aliphatic rings. The molecule has 0 rings (SSSR count). The summed E-state index contributed by atoms with van der Waals surface area (Å²) in [5.74, 6) is -1.49. The molecule has 2 N–H and O–H groups in total. The minimum atomic E-state index is -0.887. The number of amides is 1. The van der Waals surface area contributed by atoms with E-state index in [4.69, 9.17) is 9.84 Å². The minimum absolute atomic E-state index is 0.0244. The molecule has 166 valence electrons. The van der Waals surface area contributed by atoms with Crippen molar-refractivity contribution in [1.82, 2.24) is 5.32 Å². The quantitative estimate of drug-likeness (QED) is 0.241. The number of ether oxygens (including phenoxy) is 1. The molecule has 0 aliphatic heterocycles. The van der Waals surface area contributed by atoms with Gasteiger partial charge in [-0.3, -0.25) is 4.79 Å². The van der Waals surface area contributed by atoms with Crippen molar-refractivity contribution < 1.29 is 19.4 Å². The van der Waals surface area contributed by atoms with Gasteiger partial charge in [0.25, 0.3) is 0 Å². The van der Waals surface area contributed by atoms with Crippen LogP contribution >= 0.6 is 0 Å². The Hall–Kier alpha value is -1.26. The lowest BCUT2D eigenvalue weighted by molar-refractivity contribution is -0.142. The average Bonchev–Trinajstić information content (AvgIpc) is 2.64. The van der Waals surface area contributed by atoms with Gasteiger partial charge in [0.2, 0.25) is 0 Å². The predicted molar refractivity (Wildman–Crippen MR) is 116 cm³/mol. The van der Waals surface area contributed by atoms with Crippen LogP contribution in [0.3, 0.4) is 0 Å². The van der Waals surface area contributed by atoms with Gasteiger partial charge in [0, 0.05) is 6.54 Å². The topological polar surface area (TPSA) is 75.6 Å². The van der Waals surface area contributed by atoms with E-state index in [0.29, 0.717) is 6.61 Å². The summed E-state index contributed by atoms with van der Waals surface area (Å²) in [5.41, 5.74) is 0. The molecule has 0 aliphatic carbocycles. The number of carboxylic acids is 1. The molecule has 1 atom stereocenters. The summed E-state index contributed by atoms with van der Waals surface area (Å²) in [6, 6.07) is 0. The van der Waals surface area contributed by atoms with Crippen LogP contribution in [0.5, 0.6) is 0 Å². The standard InChI is InChI=1S/C23H45NO4/c1-4-5-6-7-8-9-10-11-12-13-14-15-16-17-18-28-23(27)24-19-21(20(2)3)22(25)26/h20-21H,4-19H2,1-3H3,(H,24,27)(H,25,26). The van der Waals surface area contributed by atoms with Gasteiger partial charge in [-0.2, -0.15) is 0 Å². The van der Waals surface area contributed by atoms with E-state index in [1.54, 1.807) is 0 Å². The Balaban J connectivity index is 3.34. The molecular weight excluding hydrogens is 354 g/mol. The van der Waals surface area contributed by atoms with Crippen LogP contribution < -0.4 is 5.32 Å². The van der Waals surface area contributed by atoms with E-state index in [-0.39, 0.29) is 12.5 Å². The second kappa shape index (κ2) is 19.1. The molecule has 28 heavy (non-hydrogen) atoms. The molecule has 1 amide bonds. The van der Waals surface area contributed by atoms with Crippen molar-refractivity contribution in [2.45, 2.75) is 111 Å². The van der Waals surface area contributed by atoms with Gasteiger partial charge in [0.15, 0.2) is 0 Å². The van der Waals surface area contributed by atoms with Crippen LogP contribution in [0.25, 0.3) is 0 Å². The summed E-state index contributed by atoms with van der Waals surface area (Å²) in [6.45, 7) is 6.45. The summed E-state index contributed by atoms with van der Waals surface area (Å²) in [7, 11) is 0. The maximum Gasteiger partial charge on any atom is 0.407 e. The number of alkyl carbamates (subject to hydrolysis) is 1. The monoisotopic (exact) mass is 399 g/mol. The summed E-state index contributed by atoms with van der Waals surface area (Å²) in [6.07, 6.45) is 17.6. The van der Waals surface area contributed by atoms with Crippen molar-refractivity contribution in [2.24, 2.45) is 11.8 Å². The van der Waals surface area contributed by atoms with Crippen molar-refractivity contribution in [1.29, 1.82) is 0 Å². The van der Waals surface area contributed by atoms with Crippen LogP contribution in [-0.4, -0.2) is 30.3 Å². The summed E-state index contributed by atoms with van der Waals surface area (Å²) < 4.78 is 5.12. The number of carboxylic acid groups (broad SMARTS) is 1. The van der Waals surface area contributed by atoms with E-state index < -0.39 is 18.0 Å². The highest BCUT2D eigenvalue weighted by atomic mass is 16.5. The van der Waals surface area contributed by atoms with E-state index in [2.05, 4.69) is 12.2 Å². The zero-order valence-corrected chi connectivity index (χ0v) is 18.6. The van der Waals surface area contributed by atoms with Crippen LogP contribution in [0.15, 0.2) is 0 Å². The molecule has 0 aromatic heterocycles. The molecule has 5 nitrogen and oxygen atoms in total. The first-order valence-electron chi connectivity index (χ1n) is 11.6. The van der Waals surface area contributed by atoms with Crippen LogP contribution in [0, 0.1) is 11.8 Å². The summed E-state index contributed by atoms with van der Waals surface area (Å²) in [4.78, 5) is 22.7. The number of hydrogen-bond donors (Lipinski definition) is 2. The average molecular weight is 400 g/mol. The Bertz CT molecular complexity index is 385. The highest BCUT2D eigenvalue weighted by Crippen LogP contribution is 2.13. The molecule has 0 saturated heterocycles. The van der Waals surface area contributed by atoms with Gasteiger partial charge in [0.05, 0.1) is 12.5 Å². The van der Waals surface area contributed by atoms with E-state index in [1.165, 1.54) is 77.0 Å². The van der Waals surface area contributed by atoms with Gasteiger partial charge in [-0.15, -0.1) is 0 Å². The Morgan fingerprint density at radius 1 is 0.786 bits per heavy atom. The molecular formula is C23H45NO4. The Labute approximate surface area is 173 Å². The second-order valence-electron chi connectivity index (χ2n) is 8.30. The number of hydrogen-bond acceptors (Lipinski definition) is 3.